The lowest BCUT2D eigenvalue weighted by Gasteiger charge is -2.12. The summed E-state index contributed by atoms with van der Waals surface area (Å²) in [4.78, 5) is 24.0. The molecule has 0 fully saturated rings. The molecular formula is C13H11ClF3NO5. The summed E-state index contributed by atoms with van der Waals surface area (Å²) in [6.07, 6.45) is -4.50. The molecule has 0 saturated carbocycles. The number of benzene rings is 1. The summed E-state index contributed by atoms with van der Waals surface area (Å²) < 4.78 is 51.1. The zero-order valence-corrected chi connectivity index (χ0v) is 12.7. The Morgan fingerprint density at radius 2 is 1.96 bits per heavy atom. The zero-order valence-electron chi connectivity index (χ0n) is 11.9. The molecule has 1 aromatic rings. The van der Waals surface area contributed by atoms with E-state index in [1.54, 1.807) is 0 Å². The van der Waals surface area contributed by atoms with Gasteiger partial charge < -0.3 is 14.2 Å². The van der Waals surface area contributed by atoms with Gasteiger partial charge in [-0.05, 0) is 18.2 Å². The number of hydrogen-bond donors (Lipinski definition) is 0. The van der Waals surface area contributed by atoms with Gasteiger partial charge in [0.25, 0.3) is 0 Å². The van der Waals surface area contributed by atoms with Gasteiger partial charge in [-0.15, -0.1) is 0 Å². The van der Waals surface area contributed by atoms with E-state index in [-0.39, 0.29) is 23.8 Å². The molecular weight excluding hydrogens is 343 g/mol. The number of methoxy groups -OCH3 is 2. The van der Waals surface area contributed by atoms with Gasteiger partial charge in [-0.2, -0.15) is 13.2 Å². The Morgan fingerprint density at radius 3 is 2.35 bits per heavy atom. The van der Waals surface area contributed by atoms with Crippen LogP contribution in [0.5, 0.6) is 5.75 Å². The Balaban J connectivity index is 0.000000463. The Labute approximate surface area is 133 Å². The predicted molar refractivity (Wildman–Crippen MR) is 73.8 cm³/mol. The maximum atomic E-state index is 12.6. The van der Waals surface area contributed by atoms with Crippen molar-refractivity contribution in [3.05, 3.63) is 29.3 Å². The van der Waals surface area contributed by atoms with Crippen molar-refractivity contribution >= 4 is 28.9 Å². The standard InChI is InChI=1S/C11H8F3NO3.C2H3ClO2/c1-17-8-4-6(10-15-5-9(16)18-10)2-3-7(8)11(12,13)14;1-5-2(3)4/h2-4H,5H2,1H3;1H3. The lowest BCUT2D eigenvalue weighted by Crippen LogP contribution is -2.10. The Kier molecular flexibility index (Phi) is 6.38. The number of nitrogens with zero attached hydrogens (tertiary/aromatic N) is 1. The minimum Gasteiger partial charge on any atom is -0.496 e. The molecule has 0 saturated heterocycles. The van der Waals surface area contributed by atoms with Crippen molar-refractivity contribution in [1.82, 2.24) is 0 Å². The molecule has 2 rings (SSSR count). The van der Waals surface area contributed by atoms with E-state index in [1.165, 1.54) is 13.2 Å². The van der Waals surface area contributed by atoms with Crippen LogP contribution < -0.4 is 4.74 Å². The third kappa shape index (κ3) is 5.44. The first-order valence-electron chi connectivity index (χ1n) is 5.93. The largest absolute Gasteiger partial charge is 0.496 e. The summed E-state index contributed by atoms with van der Waals surface area (Å²) in [7, 11) is 2.35. The molecule has 0 aromatic heterocycles. The smallest absolute Gasteiger partial charge is 0.419 e. The van der Waals surface area contributed by atoms with Gasteiger partial charge in [-0.25, -0.2) is 14.6 Å². The summed E-state index contributed by atoms with van der Waals surface area (Å²) in [5.74, 6) is -0.874. The summed E-state index contributed by atoms with van der Waals surface area (Å²) in [6, 6.07) is 3.19. The second-order valence-electron chi connectivity index (χ2n) is 3.95. The second kappa shape index (κ2) is 7.82. The lowest BCUT2D eigenvalue weighted by molar-refractivity contribution is -0.138. The van der Waals surface area contributed by atoms with Crippen LogP contribution in [-0.4, -0.2) is 38.1 Å². The number of rotatable bonds is 2. The third-order valence-corrected chi connectivity index (χ3v) is 2.63. The first kappa shape index (κ1) is 18.8. The highest BCUT2D eigenvalue weighted by Crippen LogP contribution is 2.36. The van der Waals surface area contributed by atoms with E-state index >= 15 is 0 Å². The fraction of sp³-hybridized carbons (Fsp3) is 0.308. The number of ether oxygens (including phenoxy) is 3. The SMILES string of the molecule is COC(=O)Cl.COc1cc(C2=NCC(=O)O2)ccc1C(F)(F)F. The first-order chi connectivity index (χ1) is 10.7. The Morgan fingerprint density at radius 1 is 1.35 bits per heavy atom. The van der Waals surface area contributed by atoms with Crippen molar-refractivity contribution in [2.24, 2.45) is 4.99 Å². The highest BCUT2D eigenvalue weighted by atomic mass is 35.5. The van der Waals surface area contributed by atoms with Crippen molar-refractivity contribution in [2.45, 2.75) is 6.18 Å². The number of carbonyl (C=O) groups excluding carboxylic acids is 2. The number of cyclic esters (lactones) is 1. The number of esters is 1. The monoisotopic (exact) mass is 353 g/mol. The number of carbonyl (C=O) groups is 2. The number of hydrogen-bond acceptors (Lipinski definition) is 6. The molecule has 0 bridgehead atoms. The van der Waals surface area contributed by atoms with Crippen molar-refractivity contribution in [2.75, 3.05) is 20.8 Å². The van der Waals surface area contributed by atoms with Crippen molar-refractivity contribution in [3.63, 3.8) is 0 Å². The molecule has 0 spiro atoms. The maximum absolute atomic E-state index is 12.6. The van der Waals surface area contributed by atoms with Crippen molar-refractivity contribution in [3.8, 4) is 5.75 Å². The van der Waals surface area contributed by atoms with Crippen LogP contribution in [0.3, 0.4) is 0 Å². The topological polar surface area (TPSA) is 74.2 Å². The molecule has 0 N–H and O–H groups in total. The molecule has 0 amide bonds. The average molecular weight is 354 g/mol. The maximum Gasteiger partial charge on any atom is 0.419 e. The van der Waals surface area contributed by atoms with Crippen LogP contribution in [0.25, 0.3) is 0 Å². The van der Waals surface area contributed by atoms with Gasteiger partial charge in [-0.1, -0.05) is 0 Å². The van der Waals surface area contributed by atoms with Gasteiger partial charge in [0.1, 0.15) is 12.3 Å². The number of aliphatic imine (C=N–C) groups is 1. The van der Waals surface area contributed by atoms with Gasteiger partial charge >= 0.3 is 17.6 Å². The van der Waals surface area contributed by atoms with Gasteiger partial charge in [-0.3, -0.25) is 0 Å². The minimum absolute atomic E-state index is 0.00650. The molecule has 1 aliphatic rings. The lowest BCUT2D eigenvalue weighted by atomic mass is 10.1. The molecule has 1 aliphatic heterocycles. The molecule has 126 valence electrons. The zero-order chi connectivity index (χ0) is 17.6. The second-order valence-corrected chi connectivity index (χ2v) is 4.26. The van der Waals surface area contributed by atoms with Gasteiger partial charge in [0, 0.05) is 17.2 Å². The van der Waals surface area contributed by atoms with Crippen molar-refractivity contribution < 1.29 is 37.0 Å². The Hall–Kier alpha value is -2.29. The fourth-order valence-corrected chi connectivity index (χ4v) is 1.52. The van der Waals surface area contributed by atoms with E-state index in [2.05, 4.69) is 26.1 Å². The molecule has 6 nitrogen and oxygen atoms in total. The van der Waals surface area contributed by atoms with E-state index in [4.69, 9.17) is 4.74 Å². The third-order valence-electron chi connectivity index (χ3n) is 2.48. The van der Waals surface area contributed by atoms with E-state index < -0.39 is 23.1 Å². The van der Waals surface area contributed by atoms with Gasteiger partial charge in [0.05, 0.1) is 19.8 Å². The predicted octanol–water partition coefficient (Wildman–Crippen LogP) is 3.01. The summed E-state index contributed by atoms with van der Waals surface area (Å²) >= 11 is 4.60. The average Bonchev–Trinajstić information content (AvgIpc) is 2.92. The van der Waals surface area contributed by atoms with Crippen LogP contribution in [-0.2, 0) is 20.4 Å². The Bertz CT molecular complexity index is 631. The summed E-state index contributed by atoms with van der Waals surface area (Å²) in [5.41, 5.74) is -1.39. The summed E-state index contributed by atoms with van der Waals surface area (Å²) in [6.45, 7) is -0.126. The summed E-state index contributed by atoms with van der Waals surface area (Å²) in [5, 5.41) is 0. The molecule has 0 aliphatic carbocycles. The fourth-order valence-electron chi connectivity index (χ4n) is 1.52. The van der Waals surface area contributed by atoms with E-state index in [9.17, 15) is 22.8 Å². The van der Waals surface area contributed by atoms with Gasteiger partial charge in [0.15, 0.2) is 0 Å². The van der Waals surface area contributed by atoms with Crippen LogP contribution >= 0.6 is 11.6 Å². The molecule has 1 heterocycles. The highest BCUT2D eigenvalue weighted by molar-refractivity contribution is 6.61. The van der Waals surface area contributed by atoms with Crippen LogP contribution in [0, 0.1) is 0 Å². The molecule has 0 radical (unpaired) electrons. The normalized spacial score (nSPS) is 13.5. The van der Waals surface area contributed by atoms with Crippen LogP contribution in [0.2, 0.25) is 0 Å². The van der Waals surface area contributed by atoms with Crippen LogP contribution in [0.15, 0.2) is 23.2 Å². The molecule has 23 heavy (non-hydrogen) atoms. The van der Waals surface area contributed by atoms with E-state index in [0.717, 1.165) is 19.2 Å². The first-order valence-corrected chi connectivity index (χ1v) is 6.31. The van der Waals surface area contributed by atoms with Crippen LogP contribution in [0.4, 0.5) is 18.0 Å². The van der Waals surface area contributed by atoms with Gasteiger partial charge in [0.2, 0.25) is 5.90 Å². The molecule has 10 heteroatoms. The minimum atomic E-state index is -4.50. The highest BCUT2D eigenvalue weighted by Gasteiger charge is 2.34. The quantitative estimate of drug-likeness (QED) is 0.603. The number of alkyl halides is 3. The molecule has 0 atom stereocenters. The van der Waals surface area contributed by atoms with E-state index in [1.807, 2.05) is 0 Å². The molecule has 0 unspecified atom stereocenters. The van der Waals surface area contributed by atoms with Crippen LogP contribution in [0.1, 0.15) is 11.1 Å². The van der Waals surface area contributed by atoms with Crippen molar-refractivity contribution in [1.29, 1.82) is 0 Å². The molecule has 1 aromatic carbocycles. The van der Waals surface area contributed by atoms with E-state index in [0.29, 0.717) is 0 Å². The number of halogens is 4.